The van der Waals surface area contributed by atoms with Gasteiger partial charge in [-0.2, -0.15) is 0 Å². The zero-order valence-corrected chi connectivity index (χ0v) is 11.7. The molecule has 0 bridgehead atoms. The summed E-state index contributed by atoms with van der Waals surface area (Å²) in [6, 6.07) is 0. The minimum atomic E-state index is 0.262. The monoisotopic (exact) mass is 211 g/mol. The molecule has 1 N–H and O–H groups in total. The summed E-state index contributed by atoms with van der Waals surface area (Å²) in [5, 5.41) is 3.54. The van der Waals surface area contributed by atoms with Crippen LogP contribution < -0.4 is 5.32 Å². The molecule has 1 aliphatic carbocycles. The van der Waals surface area contributed by atoms with E-state index in [0.717, 1.165) is 5.92 Å². The van der Waals surface area contributed by atoms with E-state index < -0.39 is 0 Å². The summed E-state index contributed by atoms with van der Waals surface area (Å²) in [5.41, 5.74) is 1.21. The highest BCUT2D eigenvalue weighted by atomic mass is 15.0. The molecule has 0 aromatic heterocycles. The van der Waals surface area contributed by atoms with Gasteiger partial charge in [-0.3, -0.25) is 0 Å². The second-order valence-electron chi connectivity index (χ2n) is 6.84. The van der Waals surface area contributed by atoms with Crippen LogP contribution in [-0.4, -0.2) is 12.6 Å². The van der Waals surface area contributed by atoms with E-state index in [1.807, 2.05) is 0 Å². The Bertz CT molecular complexity index is 220. The van der Waals surface area contributed by atoms with Crippen LogP contribution in [0.3, 0.4) is 0 Å². The minimum absolute atomic E-state index is 0.262. The van der Waals surface area contributed by atoms with Crippen LogP contribution in [0.1, 0.15) is 60.8 Å². The van der Waals surface area contributed by atoms with Crippen molar-refractivity contribution >= 4 is 0 Å². The van der Waals surface area contributed by atoms with Crippen molar-refractivity contribution in [2.45, 2.75) is 66.3 Å². The lowest BCUT2D eigenvalue weighted by molar-refractivity contribution is -0.106. The lowest BCUT2D eigenvalue weighted by Crippen LogP contribution is -2.63. The van der Waals surface area contributed by atoms with E-state index in [1.165, 1.54) is 19.3 Å². The topological polar surface area (TPSA) is 12.0 Å². The average molecular weight is 211 g/mol. The lowest BCUT2D eigenvalue weighted by Gasteiger charge is -2.62. The smallest absolute Gasteiger partial charge is 0.0181 e. The van der Waals surface area contributed by atoms with E-state index in [4.69, 9.17) is 0 Å². The quantitative estimate of drug-likeness (QED) is 0.748. The van der Waals surface area contributed by atoms with E-state index >= 15 is 0 Å². The highest BCUT2D eigenvalue weighted by molar-refractivity contribution is 5.10. The second kappa shape index (κ2) is 3.76. The molecule has 90 valence electrons. The van der Waals surface area contributed by atoms with Gasteiger partial charge in [0, 0.05) is 5.54 Å². The molecular weight excluding hydrogens is 182 g/mol. The molecule has 1 nitrogen and oxygen atoms in total. The van der Waals surface area contributed by atoms with Gasteiger partial charge in [-0.1, -0.05) is 27.7 Å². The molecule has 1 aliphatic rings. The molecule has 1 rings (SSSR count). The molecular formula is C14H29N. The fraction of sp³-hybridized carbons (Fsp3) is 1.00. The van der Waals surface area contributed by atoms with Gasteiger partial charge >= 0.3 is 0 Å². The Kier molecular flexibility index (Phi) is 3.27. The maximum absolute atomic E-state index is 3.54. The predicted molar refractivity (Wildman–Crippen MR) is 68.0 cm³/mol. The molecule has 0 aromatic carbocycles. The summed E-state index contributed by atoms with van der Waals surface area (Å²) in [6.45, 7) is 14.3. The van der Waals surface area contributed by atoms with E-state index in [-0.39, 0.29) is 5.54 Å². The van der Waals surface area contributed by atoms with Gasteiger partial charge in [0.25, 0.3) is 0 Å². The van der Waals surface area contributed by atoms with Crippen molar-refractivity contribution < 1.29 is 0 Å². The first-order chi connectivity index (χ1) is 6.71. The SMILES string of the molecule is CCC1(C(C)(C)NC)CCC1C(C)(C)C. The highest BCUT2D eigenvalue weighted by Gasteiger charge is 2.57. The van der Waals surface area contributed by atoms with Crippen molar-refractivity contribution in [3.63, 3.8) is 0 Å². The molecule has 0 radical (unpaired) electrons. The zero-order valence-electron chi connectivity index (χ0n) is 11.7. The van der Waals surface area contributed by atoms with E-state index in [0.29, 0.717) is 10.8 Å². The fourth-order valence-electron chi connectivity index (χ4n) is 3.76. The Labute approximate surface area is 96.0 Å². The van der Waals surface area contributed by atoms with Crippen LogP contribution in [0.2, 0.25) is 0 Å². The Balaban J connectivity index is 2.98. The molecule has 1 fully saturated rings. The van der Waals surface area contributed by atoms with E-state index in [9.17, 15) is 0 Å². The standard InChI is InChI=1S/C14H29N/c1-8-14(13(5,6)15-7)10-9-11(14)12(2,3)4/h11,15H,8-10H2,1-7H3. The third-order valence-electron chi connectivity index (χ3n) is 5.09. The third-order valence-corrected chi connectivity index (χ3v) is 5.09. The van der Waals surface area contributed by atoms with Crippen molar-refractivity contribution in [1.29, 1.82) is 0 Å². The van der Waals surface area contributed by atoms with Crippen molar-refractivity contribution in [3.8, 4) is 0 Å². The van der Waals surface area contributed by atoms with Crippen LogP contribution in [0.25, 0.3) is 0 Å². The largest absolute Gasteiger partial charge is 0.314 e. The Hall–Kier alpha value is -0.0400. The van der Waals surface area contributed by atoms with Gasteiger partial charge in [0.1, 0.15) is 0 Å². The number of hydrogen-bond donors (Lipinski definition) is 1. The summed E-state index contributed by atoms with van der Waals surface area (Å²) in [7, 11) is 2.11. The summed E-state index contributed by atoms with van der Waals surface area (Å²) < 4.78 is 0. The van der Waals surface area contributed by atoms with Crippen LogP contribution in [0.5, 0.6) is 0 Å². The summed E-state index contributed by atoms with van der Waals surface area (Å²) in [6.07, 6.45) is 4.09. The first-order valence-corrected chi connectivity index (χ1v) is 6.40. The first kappa shape index (κ1) is 13.0. The van der Waals surface area contributed by atoms with Gasteiger partial charge in [0.2, 0.25) is 0 Å². The second-order valence-corrected chi connectivity index (χ2v) is 6.84. The highest BCUT2D eigenvalue weighted by Crippen LogP contribution is 2.61. The Morgan fingerprint density at radius 2 is 1.73 bits per heavy atom. The summed E-state index contributed by atoms with van der Waals surface area (Å²) in [5.74, 6) is 0.859. The maximum atomic E-state index is 3.54. The van der Waals surface area contributed by atoms with Crippen LogP contribution in [0.4, 0.5) is 0 Å². The molecule has 0 amide bonds. The van der Waals surface area contributed by atoms with Gasteiger partial charge in [-0.15, -0.1) is 0 Å². The normalized spacial score (nSPS) is 32.6. The van der Waals surface area contributed by atoms with Crippen molar-refractivity contribution in [1.82, 2.24) is 5.32 Å². The molecule has 0 spiro atoms. The molecule has 2 unspecified atom stereocenters. The van der Waals surface area contributed by atoms with Gasteiger partial charge < -0.3 is 5.32 Å². The van der Waals surface area contributed by atoms with Crippen LogP contribution >= 0.6 is 0 Å². The number of hydrogen-bond acceptors (Lipinski definition) is 1. The Morgan fingerprint density at radius 1 is 1.20 bits per heavy atom. The van der Waals surface area contributed by atoms with Crippen molar-refractivity contribution in [2.24, 2.45) is 16.7 Å². The molecule has 0 saturated heterocycles. The fourth-order valence-corrected chi connectivity index (χ4v) is 3.76. The van der Waals surface area contributed by atoms with Gasteiger partial charge in [-0.05, 0) is 56.9 Å². The molecule has 0 heterocycles. The lowest BCUT2D eigenvalue weighted by atomic mass is 9.45. The van der Waals surface area contributed by atoms with E-state index in [2.05, 4.69) is 53.9 Å². The van der Waals surface area contributed by atoms with Crippen LogP contribution in [0.15, 0.2) is 0 Å². The van der Waals surface area contributed by atoms with E-state index in [1.54, 1.807) is 0 Å². The molecule has 1 heteroatoms. The predicted octanol–water partition coefficient (Wildman–Crippen LogP) is 3.84. The molecule has 1 saturated carbocycles. The summed E-state index contributed by atoms with van der Waals surface area (Å²) in [4.78, 5) is 0. The zero-order chi connectivity index (χ0) is 11.9. The molecule has 0 aromatic rings. The molecule has 2 atom stereocenters. The molecule has 15 heavy (non-hydrogen) atoms. The average Bonchev–Trinajstić information content (AvgIpc) is 2.00. The van der Waals surface area contributed by atoms with Gasteiger partial charge in [0.15, 0.2) is 0 Å². The maximum Gasteiger partial charge on any atom is 0.0181 e. The van der Waals surface area contributed by atoms with Crippen LogP contribution in [-0.2, 0) is 0 Å². The summed E-state index contributed by atoms with van der Waals surface area (Å²) >= 11 is 0. The van der Waals surface area contributed by atoms with Crippen molar-refractivity contribution in [3.05, 3.63) is 0 Å². The number of rotatable bonds is 3. The van der Waals surface area contributed by atoms with Gasteiger partial charge in [0.05, 0.1) is 0 Å². The van der Waals surface area contributed by atoms with Crippen molar-refractivity contribution in [2.75, 3.05) is 7.05 Å². The minimum Gasteiger partial charge on any atom is -0.314 e. The third kappa shape index (κ3) is 1.84. The van der Waals surface area contributed by atoms with Crippen LogP contribution in [0, 0.1) is 16.7 Å². The first-order valence-electron chi connectivity index (χ1n) is 6.40. The number of nitrogens with one attached hydrogen (secondary N) is 1. The molecule has 0 aliphatic heterocycles. The van der Waals surface area contributed by atoms with Gasteiger partial charge in [-0.25, -0.2) is 0 Å². The Morgan fingerprint density at radius 3 is 1.93 bits per heavy atom.